The van der Waals surface area contributed by atoms with Gasteiger partial charge in [0.05, 0.1) is 20.1 Å². The van der Waals surface area contributed by atoms with E-state index in [2.05, 4.69) is 27.7 Å². The molecule has 0 aliphatic heterocycles. The van der Waals surface area contributed by atoms with E-state index >= 15 is 0 Å². The molecule has 8 heteroatoms. The van der Waals surface area contributed by atoms with Gasteiger partial charge in [0.15, 0.2) is 0 Å². The van der Waals surface area contributed by atoms with Crippen LogP contribution in [0.5, 0.6) is 0 Å². The van der Waals surface area contributed by atoms with Crippen LogP contribution in [0.15, 0.2) is 90.3 Å². The van der Waals surface area contributed by atoms with Crippen molar-refractivity contribution in [3.05, 3.63) is 102 Å². The number of rotatable bonds is 8. The van der Waals surface area contributed by atoms with E-state index in [4.69, 9.17) is 0 Å². The molecule has 3 aromatic carbocycles. The molecule has 1 amide bonds. The van der Waals surface area contributed by atoms with Crippen LogP contribution in [-0.2, 0) is 16.4 Å². The Kier molecular flexibility index (Phi) is 6.45. The average molecular weight is 464 g/mol. The van der Waals surface area contributed by atoms with Crippen molar-refractivity contribution in [2.45, 2.75) is 11.3 Å². The SMILES string of the molecule is C=CCNS(=O)(=O)c1cccc(C(=O)Nc2ccc(Cc3nc4ccccc4s3)cc2)c1. The second-order valence-electron chi connectivity index (χ2n) is 7.07. The van der Waals surface area contributed by atoms with Crippen molar-refractivity contribution in [1.82, 2.24) is 9.71 Å². The third-order valence-electron chi connectivity index (χ3n) is 4.73. The quantitative estimate of drug-likeness (QED) is 0.374. The van der Waals surface area contributed by atoms with Crippen LogP contribution in [0.3, 0.4) is 0 Å². The van der Waals surface area contributed by atoms with Crippen molar-refractivity contribution in [2.24, 2.45) is 0 Å². The van der Waals surface area contributed by atoms with Crippen molar-refractivity contribution in [1.29, 1.82) is 0 Å². The number of hydrogen-bond acceptors (Lipinski definition) is 5. The van der Waals surface area contributed by atoms with Gasteiger partial charge < -0.3 is 5.32 Å². The fraction of sp³-hybridized carbons (Fsp3) is 0.0833. The monoisotopic (exact) mass is 463 g/mol. The number of carbonyl (C=O) groups is 1. The Morgan fingerprint density at radius 2 is 1.81 bits per heavy atom. The standard InChI is InChI=1S/C24H21N3O3S2/c1-2-14-25-32(29,30)20-7-5-6-18(16-20)24(28)26-19-12-10-17(11-13-19)15-23-27-21-8-3-4-9-22(21)31-23/h2-13,16,25H,1,14-15H2,(H,26,28). The molecular formula is C24H21N3O3S2. The summed E-state index contributed by atoms with van der Waals surface area (Å²) in [7, 11) is -3.70. The summed E-state index contributed by atoms with van der Waals surface area (Å²) in [6.45, 7) is 3.61. The second-order valence-corrected chi connectivity index (χ2v) is 9.95. The lowest BCUT2D eigenvalue weighted by molar-refractivity contribution is 0.102. The van der Waals surface area contributed by atoms with E-state index in [1.165, 1.54) is 18.2 Å². The molecule has 0 aliphatic carbocycles. The molecule has 0 unspecified atom stereocenters. The van der Waals surface area contributed by atoms with Gasteiger partial charge in [-0.3, -0.25) is 4.79 Å². The van der Waals surface area contributed by atoms with Gasteiger partial charge in [-0.15, -0.1) is 17.9 Å². The molecule has 0 atom stereocenters. The number of benzene rings is 3. The van der Waals surface area contributed by atoms with Gasteiger partial charge in [0, 0.05) is 24.2 Å². The van der Waals surface area contributed by atoms with Crippen LogP contribution in [0.25, 0.3) is 10.2 Å². The van der Waals surface area contributed by atoms with Gasteiger partial charge >= 0.3 is 0 Å². The number of nitrogens with zero attached hydrogens (tertiary/aromatic N) is 1. The molecule has 1 heterocycles. The zero-order valence-corrected chi connectivity index (χ0v) is 18.7. The van der Waals surface area contributed by atoms with Gasteiger partial charge in [-0.25, -0.2) is 18.1 Å². The van der Waals surface area contributed by atoms with Crippen molar-refractivity contribution < 1.29 is 13.2 Å². The molecule has 0 radical (unpaired) electrons. The summed E-state index contributed by atoms with van der Waals surface area (Å²) in [6, 6.07) is 21.5. The van der Waals surface area contributed by atoms with Crippen LogP contribution in [-0.4, -0.2) is 25.9 Å². The van der Waals surface area contributed by atoms with Gasteiger partial charge in [-0.2, -0.15) is 0 Å². The number of anilines is 1. The summed E-state index contributed by atoms with van der Waals surface area (Å²) in [6.07, 6.45) is 2.17. The van der Waals surface area contributed by atoms with E-state index in [0.717, 1.165) is 20.8 Å². The third kappa shape index (κ3) is 5.11. The van der Waals surface area contributed by atoms with Gasteiger partial charge in [-0.1, -0.05) is 36.4 Å². The number of carbonyl (C=O) groups excluding carboxylic acids is 1. The normalized spacial score (nSPS) is 11.4. The molecule has 0 spiro atoms. The van der Waals surface area contributed by atoms with E-state index in [1.54, 1.807) is 23.5 Å². The van der Waals surface area contributed by atoms with Crippen molar-refractivity contribution >= 4 is 43.2 Å². The van der Waals surface area contributed by atoms with Crippen LogP contribution in [0, 0.1) is 0 Å². The number of aromatic nitrogens is 1. The molecule has 2 N–H and O–H groups in total. The van der Waals surface area contributed by atoms with E-state index < -0.39 is 10.0 Å². The maximum Gasteiger partial charge on any atom is 0.255 e. The minimum atomic E-state index is -3.70. The number of thiazole rings is 1. The summed E-state index contributed by atoms with van der Waals surface area (Å²) < 4.78 is 28.1. The Morgan fingerprint density at radius 3 is 2.56 bits per heavy atom. The largest absolute Gasteiger partial charge is 0.322 e. The molecule has 6 nitrogen and oxygen atoms in total. The highest BCUT2D eigenvalue weighted by Gasteiger charge is 2.15. The predicted molar refractivity (Wildman–Crippen MR) is 129 cm³/mol. The fourth-order valence-corrected chi connectivity index (χ4v) is 5.18. The number of fused-ring (bicyclic) bond motifs is 1. The molecule has 0 bridgehead atoms. The van der Waals surface area contributed by atoms with Gasteiger partial charge in [-0.05, 0) is 48.0 Å². The summed E-state index contributed by atoms with van der Waals surface area (Å²) in [5, 5.41) is 3.84. The van der Waals surface area contributed by atoms with Crippen LogP contribution < -0.4 is 10.0 Å². The van der Waals surface area contributed by atoms with Crippen LogP contribution in [0.2, 0.25) is 0 Å². The molecule has 0 saturated heterocycles. The van der Waals surface area contributed by atoms with Gasteiger partial charge in [0.2, 0.25) is 10.0 Å². The molecule has 0 aliphatic rings. The number of amides is 1. The maximum atomic E-state index is 12.6. The van der Waals surface area contributed by atoms with Crippen LogP contribution in [0.4, 0.5) is 5.69 Å². The predicted octanol–water partition coefficient (Wildman–Crippen LogP) is 4.60. The first-order chi connectivity index (χ1) is 15.4. The minimum absolute atomic E-state index is 0.0261. The number of sulfonamides is 1. The molecule has 1 aromatic heterocycles. The molecule has 32 heavy (non-hydrogen) atoms. The smallest absolute Gasteiger partial charge is 0.255 e. The summed E-state index contributed by atoms with van der Waals surface area (Å²) in [5.74, 6) is -0.385. The lowest BCUT2D eigenvalue weighted by Gasteiger charge is -2.09. The molecule has 4 rings (SSSR count). The van der Waals surface area contributed by atoms with E-state index in [9.17, 15) is 13.2 Å². The number of para-hydroxylation sites is 1. The van der Waals surface area contributed by atoms with Crippen molar-refractivity contribution in [3.8, 4) is 0 Å². The summed E-state index contributed by atoms with van der Waals surface area (Å²) >= 11 is 1.67. The number of nitrogens with one attached hydrogen (secondary N) is 2. The Morgan fingerprint density at radius 1 is 1.03 bits per heavy atom. The van der Waals surface area contributed by atoms with Crippen molar-refractivity contribution in [2.75, 3.05) is 11.9 Å². The van der Waals surface area contributed by atoms with Gasteiger partial charge in [0.25, 0.3) is 5.91 Å². The molecule has 162 valence electrons. The number of hydrogen-bond donors (Lipinski definition) is 2. The Balaban J connectivity index is 1.43. The molecule has 0 fully saturated rings. The highest BCUT2D eigenvalue weighted by Crippen LogP contribution is 2.24. The minimum Gasteiger partial charge on any atom is -0.322 e. The Hall–Kier alpha value is -3.33. The summed E-state index contributed by atoms with van der Waals surface area (Å²) in [5.41, 5.74) is 2.97. The fourth-order valence-electron chi connectivity index (χ4n) is 3.14. The first kappa shape index (κ1) is 21.9. The highest BCUT2D eigenvalue weighted by atomic mass is 32.2. The zero-order chi connectivity index (χ0) is 22.6. The second kappa shape index (κ2) is 9.44. The first-order valence-corrected chi connectivity index (χ1v) is 12.2. The molecule has 0 saturated carbocycles. The Labute approximate surface area is 190 Å². The lowest BCUT2D eigenvalue weighted by atomic mass is 10.1. The summed E-state index contributed by atoms with van der Waals surface area (Å²) in [4.78, 5) is 17.3. The van der Waals surface area contributed by atoms with Gasteiger partial charge in [0.1, 0.15) is 0 Å². The lowest BCUT2D eigenvalue weighted by Crippen LogP contribution is -2.24. The highest BCUT2D eigenvalue weighted by molar-refractivity contribution is 7.89. The topological polar surface area (TPSA) is 88.2 Å². The maximum absolute atomic E-state index is 12.6. The van der Waals surface area contributed by atoms with Crippen molar-refractivity contribution in [3.63, 3.8) is 0 Å². The van der Waals surface area contributed by atoms with Crippen LogP contribution >= 0.6 is 11.3 Å². The third-order valence-corrected chi connectivity index (χ3v) is 7.19. The average Bonchev–Trinajstić information content (AvgIpc) is 3.21. The Bertz CT molecular complexity index is 1340. The first-order valence-electron chi connectivity index (χ1n) is 9.90. The van der Waals surface area contributed by atoms with E-state index in [0.29, 0.717) is 12.1 Å². The van der Waals surface area contributed by atoms with Crippen LogP contribution in [0.1, 0.15) is 20.9 Å². The van der Waals surface area contributed by atoms with E-state index in [-0.39, 0.29) is 22.9 Å². The zero-order valence-electron chi connectivity index (χ0n) is 17.1. The van der Waals surface area contributed by atoms with E-state index in [1.807, 2.05) is 42.5 Å². The molecular weight excluding hydrogens is 442 g/mol. The molecule has 4 aromatic rings.